The van der Waals surface area contributed by atoms with Gasteiger partial charge in [0.1, 0.15) is 0 Å². The van der Waals surface area contributed by atoms with Gasteiger partial charge in [-0.3, -0.25) is 4.79 Å². The zero-order valence-corrected chi connectivity index (χ0v) is 16.6. The molecular formula is C21H24N4O2S. The molecule has 0 atom stereocenters. The van der Waals surface area contributed by atoms with Gasteiger partial charge in [0.25, 0.3) is 5.91 Å². The third-order valence-electron chi connectivity index (χ3n) is 3.96. The molecule has 2 aromatic heterocycles. The van der Waals surface area contributed by atoms with E-state index in [2.05, 4.69) is 38.5 Å². The Kier molecular flexibility index (Phi) is 7.26. The SMILES string of the molecule is CCNC(=NCc1ccc(NC(=O)c2ccco2)cc1)NCCc1cccs1. The number of benzene rings is 1. The van der Waals surface area contributed by atoms with Crippen LogP contribution in [0.3, 0.4) is 0 Å². The van der Waals surface area contributed by atoms with Crippen molar-refractivity contribution in [3.63, 3.8) is 0 Å². The van der Waals surface area contributed by atoms with Crippen LogP contribution < -0.4 is 16.0 Å². The number of aliphatic imine (C=N–C) groups is 1. The van der Waals surface area contributed by atoms with E-state index < -0.39 is 0 Å². The van der Waals surface area contributed by atoms with Crippen LogP contribution in [-0.4, -0.2) is 25.0 Å². The van der Waals surface area contributed by atoms with Crippen molar-refractivity contribution < 1.29 is 9.21 Å². The smallest absolute Gasteiger partial charge is 0.291 e. The van der Waals surface area contributed by atoms with E-state index >= 15 is 0 Å². The van der Waals surface area contributed by atoms with Crippen molar-refractivity contribution in [1.29, 1.82) is 0 Å². The number of furan rings is 1. The first-order chi connectivity index (χ1) is 13.7. The van der Waals surface area contributed by atoms with Gasteiger partial charge >= 0.3 is 0 Å². The number of amides is 1. The summed E-state index contributed by atoms with van der Waals surface area (Å²) in [6, 6.07) is 15.2. The second kappa shape index (κ2) is 10.3. The van der Waals surface area contributed by atoms with E-state index in [1.165, 1.54) is 11.1 Å². The number of guanidine groups is 1. The van der Waals surface area contributed by atoms with Crippen molar-refractivity contribution in [2.45, 2.75) is 19.9 Å². The molecule has 0 saturated carbocycles. The normalized spacial score (nSPS) is 11.2. The summed E-state index contributed by atoms with van der Waals surface area (Å²) in [6.45, 7) is 4.25. The van der Waals surface area contributed by atoms with E-state index in [1.54, 1.807) is 23.5 Å². The first-order valence-corrected chi connectivity index (χ1v) is 10.1. The highest BCUT2D eigenvalue weighted by Gasteiger charge is 2.08. The maximum Gasteiger partial charge on any atom is 0.291 e. The number of carbonyl (C=O) groups is 1. The molecule has 0 spiro atoms. The summed E-state index contributed by atoms with van der Waals surface area (Å²) in [4.78, 5) is 18.0. The molecule has 0 aliphatic carbocycles. The maximum atomic E-state index is 12.0. The molecule has 0 radical (unpaired) electrons. The molecule has 28 heavy (non-hydrogen) atoms. The van der Waals surface area contributed by atoms with Gasteiger partial charge in [-0.1, -0.05) is 18.2 Å². The molecule has 0 fully saturated rings. The maximum absolute atomic E-state index is 12.0. The fourth-order valence-electron chi connectivity index (χ4n) is 2.56. The minimum absolute atomic E-state index is 0.264. The van der Waals surface area contributed by atoms with Gasteiger partial charge in [0.15, 0.2) is 11.7 Å². The van der Waals surface area contributed by atoms with E-state index in [0.717, 1.165) is 36.7 Å². The fourth-order valence-corrected chi connectivity index (χ4v) is 3.27. The van der Waals surface area contributed by atoms with Crippen molar-refractivity contribution in [3.8, 4) is 0 Å². The van der Waals surface area contributed by atoms with Crippen LogP contribution in [0.2, 0.25) is 0 Å². The van der Waals surface area contributed by atoms with Crippen LogP contribution in [0.25, 0.3) is 0 Å². The van der Waals surface area contributed by atoms with E-state index in [4.69, 9.17) is 4.42 Å². The highest BCUT2D eigenvalue weighted by atomic mass is 32.1. The first-order valence-electron chi connectivity index (χ1n) is 9.23. The Bertz CT molecular complexity index is 872. The second-order valence-electron chi connectivity index (χ2n) is 6.08. The van der Waals surface area contributed by atoms with Crippen LogP contribution in [0.4, 0.5) is 5.69 Å². The molecule has 1 amide bonds. The highest BCUT2D eigenvalue weighted by molar-refractivity contribution is 7.09. The Labute approximate surface area is 168 Å². The van der Waals surface area contributed by atoms with Crippen LogP contribution in [0.5, 0.6) is 0 Å². The molecule has 0 saturated heterocycles. The molecule has 0 aliphatic rings. The van der Waals surface area contributed by atoms with Crippen molar-refractivity contribution in [3.05, 3.63) is 76.4 Å². The quantitative estimate of drug-likeness (QED) is 0.399. The molecular weight excluding hydrogens is 372 g/mol. The minimum atomic E-state index is -0.264. The van der Waals surface area contributed by atoms with Crippen molar-refractivity contribution in [2.24, 2.45) is 4.99 Å². The van der Waals surface area contributed by atoms with Gasteiger partial charge in [0.05, 0.1) is 12.8 Å². The molecule has 2 heterocycles. The zero-order chi connectivity index (χ0) is 19.6. The number of nitrogens with one attached hydrogen (secondary N) is 3. The van der Waals surface area contributed by atoms with Crippen molar-refractivity contribution >= 4 is 28.9 Å². The monoisotopic (exact) mass is 396 g/mol. The lowest BCUT2D eigenvalue weighted by Gasteiger charge is -2.11. The lowest BCUT2D eigenvalue weighted by molar-refractivity contribution is 0.0996. The molecule has 146 valence electrons. The van der Waals surface area contributed by atoms with Crippen LogP contribution in [0, 0.1) is 0 Å². The Hall–Kier alpha value is -3.06. The number of anilines is 1. The molecule has 1 aromatic carbocycles. The third-order valence-corrected chi connectivity index (χ3v) is 4.90. The van der Waals surface area contributed by atoms with Crippen molar-refractivity contribution in [2.75, 3.05) is 18.4 Å². The average Bonchev–Trinajstić information content (AvgIpc) is 3.41. The standard InChI is InChI=1S/C21H24N4O2S/c1-2-22-21(23-12-11-18-5-4-14-28-18)24-15-16-7-9-17(10-8-16)25-20(26)19-6-3-13-27-19/h3-10,13-14H,2,11-12,15H2,1H3,(H,25,26)(H2,22,23,24). The van der Waals surface area contributed by atoms with Gasteiger partial charge in [0, 0.05) is 23.7 Å². The van der Waals surface area contributed by atoms with Crippen LogP contribution in [0.1, 0.15) is 27.9 Å². The summed E-state index contributed by atoms with van der Waals surface area (Å²) in [5, 5.41) is 11.5. The third kappa shape index (κ3) is 5.99. The summed E-state index contributed by atoms with van der Waals surface area (Å²) in [5.74, 6) is 0.826. The number of thiophene rings is 1. The summed E-state index contributed by atoms with van der Waals surface area (Å²) in [5.41, 5.74) is 1.78. The number of hydrogen-bond donors (Lipinski definition) is 3. The molecule has 0 unspecified atom stereocenters. The minimum Gasteiger partial charge on any atom is -0.459 e. The average molecular weight is 397 g/mol. The van der Waals surface area contributed by atoms with Gasteiger partial charge in [-0.15, -0.1) is 11.3 Å². The Balaban J connectivity index is 1.51. The van der Waals surface area contributed by atoms with Gasteiger partial charge in [-0.2, -0.15) is 0 Å². The number of hydrogen-bond acceptors (Lipinski definition) is 4. The van der Waals surface area contributed by atoms with Gasteiger partial charge in [-0.25, -0.2) is 4.99 Å². The number of nitrogens with zero attached hydrogens (tertiary/aromatic N) is 1. The predicted molar refractivity (Wildman–Crippen MR) is 114 cm³/mol. The van der Waals surface area contributed by atoms with E-state index in [0.29, 0.717) is 6.54 Å². The summed E-state index contributed by atoms with van der Waals surface area (Å²) >= 11 is 1.77. The lowest BCUT2D eigenvalue weighted by atomic mass is 10.2. The van der Waals surface area contributed by atoms with E-state index in [-0.39, 0.29) is 11.7 Å². The van der Waals surface area contributed by atoms with E-state index in [9.17, 15) is 4.79 Å². The van der Waals surface area contributed by atoms with Gasteiger partial charge in [-0.05, 0) is 54.6 Å². The predicted octanol–water partition coefficient (Wildman–Crippen LogP) is 3.89. The molecule has 7 heteroatoms. The molecule has 3 aromatic rings. The Morgan fingerprint density at radius 3 is 2.64 bits per heavy atom. The van der Waals surface area contributed by atoms with Gasteiger partial charge < -0.3 is 20.4 Å². The fraction of sp³-hybridized carbons (Fsp3) is 0.238. The number of carbonyl (C=O) groups excluding carboxylic acids is 1. The molecule has 0 bridgehead atoms. The summed E-state index contributed by atoms with van der Waals surface area (Å²) in [6.07, 6.45) is 2.46. The molecule has 6 nitrogen and oxygen atoms in total. The second-order valence-corrected chi connectivity index (χ2v) is 7.11. The lowest BCUT2D eigenvalue weighted by Crippen LogP contribution is -2.38. The van der Waals surface area contributed by atoms with Crippen molar-refractivity contribution in [1.82, 2.24) is 10.6 Å². The largest absolute Gasteiger partial charge is 0.459 e. The summed E-state index contributed by atoms with van der Waals surface area (Å²) < 4.78 is 5.09. The van der Waals surface area contributed by atoms with E-state index in [1.807, 2.05) is 31.2 Å². The Morgan fingerprint density at radius 2 is 1.96 bits per heavy atom. The first kappa shape index (κ1) is 19.7. The highest BCUT2D eigenvalue weighted by Crippen LogP contribution is 2.12. The van der Waals surface area contributed by atoms with Crippen LogP contribution >= 0.6 is 11.3 Å². The number of rotatable bonds is 8. The molecule has 0 aliphatic heterocycles. The topological polar surface area (TPSA) is 78.7 Å². The van der Waals surface area contributed by atoms with Crippen LogP contribution in [-0.2, 0) is 13.0 Å². The molecule has 3 N–H and O–H groups in total. The van der Waals surface area contributed by atoms with Gasteiger partial charge in [0.2, 0.25) is 0 Å². The Morgan fingerprint density at radius 1 is 1.11 bits per heavy atom. The zero-order valence-electron chi connectivity index (χ0n) is 15.8. The van der Waals surface area contributed by atoms with Crippen LogP contribution in [0.15, 0.2) is 69.6 Å². The molecule has 3 rings (SSSR count). The summed E-state index contributed by atoms with van der Waals surface area (Å²) in [7, 11) is 0.